The molecule has 3 unspecified atom stereocenters. The Balaban J connectivity index is 0.00000270. The molecule has 0 heterocycles. The van der Waals surface area contributed by atoms with Crippen molar-refractivity contribution in [3.63, 3.8) is 0 Å². The summed E-state index contributed by atoms with van der Waals surface area (Å²) in [6.45, 7) is 21.2. The summed E-state index contributed by atoms with van der Waals surface area (Å²) in [7, 11) is 0. The Morgan fingerprint density at radius 2 is 1.18 bits per heavy atom. The zero-order chi connectivity index (χ0) is 33.9. The molecule has 0 saturated heterocycles. The first kappa shape index (κ1) is 39.8. The average molecular weight is 789 g/mol. The van der Waals surface area contributed by atoms with Crippen LogP contribution in [0, 0.1) is 5.92 Å². The van der Waals surface area contributed by atoms with Crippen molar-refractivity contribution in [2.45, 2.75) is 96.1 Å². The predicted octanol–water partition coefficient (Wildman–Crippen LogP) is 13.7. The molecule has 6 rings (SSSR count). The molecule has 0 radical (unpaired) electrons. The van der Waals surface area contributed by atoms with Gasteiger partial charge in [0.05, 0.1) is 0 Å². The topological polar surface area (TPSA) is 0 Å². The molecule has 0 amide bonds. The summed E-state index contributed by atoms with van der Waals surface area (Å²) in [4.78, 5) is 0. The minimum Gasteiger partial charge on any atom is -0.147 e. The van der Waals surface area contributed by atoms with Crippen LogP contribution in [0.4, 0.5) is 0 Å². The molecule has 2 aliphatic rings. The Morgan fingerprint density at radius 1 is 0.694 bits per heavy atom. The second-order valence-electron chi connectivity index (χ2n) is 17.2. The van der Waals surface area contributed by atoms with Crippen molar-refractivity contribution >= 4 is 43.8 Å². The third kappa shape index (κ3) is 7.24. The van der Waals surface area contributed by atoms with E-state index in [2.05, 4.69) is 169 Å². The molecule has 49 heavy (non-hydrogen) atoms. The number of benzene rings is 4. The van der Waals surface area contributed by atoms with E-state index in [1.807, 2.05) is 0 Å². The molecule has 0 spiro atoms. The standard InChI is InChI=1S/C24H29.C19H19.2CH3.2ClH.H2Si.Zr/c1-6-8-17(2)20-15-19-9-7-10-22(23(19)16-20)18-11-13-21(14-12-18)24(3,4)5;1-13(2)15-7-9-16(10-8-15)18-6-4-5-17-11-14(3)12-19(17)18;;;;;;/h7,9-17H,6,8H2,1-5H3;4-13H,1-3H3;2*1H3;2*1H;1H2;. The largest absolute Gasteiger partial charge is 0.147 e. The molecule has 2 aliphatic carbocycles. The van der Waals surface area contributed by atoms with Gasteiger partial charge in [-0.15, -0.1) is 24.8 Å². The molecule has 0 saturated carbocycles. The van der Waals surface area contributed by atoms with Crippen LogP contribution in [0.3, 0.4) is 0 Å². The van der Waals surface area contributed by atoms with E-state index in [1.165, 1.54) is 57.3 Å². The second kappa shape index (κ2) is 14.6. The smallest absolute Gasteiger partial charge is 0.147 e. The molecule has 0 nitrogen and oxygen atoms in total. The first-order chi connectivity index (χ1) is 22.1. The Labute approximate surface area is 312 Å². The van der Waals surface area contributed by atoms with Crippen LogP contribution in [0.25, 0.3) is 34.4 Å². The fourth-order valence-corrected chi connectivity index (χ4v) is 29.6. The van der Waals surface area contributed by atoms with Crippen LogP contribution in [-0.4, -0.2) is 6.88 Å². The van der Waals surface area contributed by atoms with Crippen molar-refractivity contribution < 1.29 is 17.4 Å². The second-order valence-corrected chi connectivity index (χ2v) is 47.7. The van der Waals surface area contributed by atoms with Gasteiger partial charge < -0.3 is 0 Å². The van der Waals surface area contributed by atoms with Gasteiger partial charge in [0, 0.05) is 0 Å². The Hall–Kier alpha value is -1.96. The number of rotatable bonds is 8. The maximum atomic E-state index is 2.79. The van der Waals surface area contributed by atoms with Crippen LogP contribution in [0.5, 0.6) is 0 Å². The Morgan fingerprint density at radius 3 is 1.67 bits per heavy atom. The van der Waals surface area contributed by atoms with Crippen molar-refractivity contribution in [3.05, 3.63) is 129 Å². The Bertz CT molecular complexity index is 1950. The molecule has 3 atom stereocenters. The fraction of sp³-hybridized carbons (Fsp3) is 0.378. The van der Waals surface area contributed by atoms with Crippen LogP contribution in [-0.2, 0) is 22.8 Å². The van der Waals surface area contributed by atoms with Gasteiger partial charge in [-0.1, -0.05) is 0 Å². The zero-order valence-electron chi connectivity index (χ0n) is 31.5. The van der Waals surface area contributed by atoms with Gasteiger partial charge in [0.25, 0.3) is 0 Å². The summed E-state index contributed by atoms with van der Waals surface area (Å²) in [6, 6.07) is 33.1. The molecule has 0 aromatic heterocycles. The molecule has 4 aromatic rings. The number of hydrogen-bond acceptors (Lipinski definition) is 0. The third-order valence-corrected chi connectivity index (χ3v) is 29.1. The van der Waals surface area contributed by atoms with E-state index in [0.29, 0.717) is 19.1 Å². The normalized spacial score (nSPS) is 17.8. The monoisotopic (exact) mass is 786 g/mol. The fourth-order valence-electron chi connectivity index (χ4n) is 9.19. The van der Waals surface area contributed by atoms with Crippen molar-refractivity contribution in [3.8, 4) is 22.3 Å². The number of fused-ring (bicyclic) bond motifs is 2. The SMILES string of the molecule is CCCC(C)C1=Cc2c(-c3ccc(C(C)(C)C)cc3)cccc2[CH]1[Zr]([CH3])([CH3])(=[SiH2])[CH]1C(C)=Cc2c(-c3ccc(C(C)C)cc3)cccc21.Cl.Cl. The summed E-state index contributed by atoms with van der Waals surface area (Å²) in [5, 5.41) is 0. The van der Waals surface area contributed by atoms with E-state index in [0.717, 1.165) is 0 Å². The summed E-state index contributed by atoms with van der Waals surface area (Å²) in [5.41, 5.74) is 17.8. The zero-order valence-corrected chi connectivity index (χ0v) is 37.0. The van der Waals surface area contributed by atoms with Gasteiger partial charge in [0.2, 0.25) is 0 Å². The van der Waals surface area contributed by atoms with Crippen molar-refractivity contribution in [2.75, 3.05) is 0 Å². The van der Waals surface area contributed by atoms with Crippen LogP contribution in [0.15, 0.2) is 96.1 Å². The quantitative estimate of drug-likeness (QED) is 0.156. The van der Waals surface area contributed by atoms with Gasteiger partial charge in [-0.05, 0) is 0 Å². The molecular weight excluding hydrogens is 731 g/mol. The van der Waals surface area contributed by atoms with Crippen LogP contribution in [0.1, 0.15) is 115 Å². The van der Waals surface area contributed by atoms with E-state index < -0.39 is 17.4 Å². The summed E-state index contributed by atoms with van der Waals surface area (Å²) < 4.78 is 6.62. The third-order valence-electron chi connectivity index (χ3n) is 11.5. The molecule has 0 fully saturated rings. The number of hydrogen-bond donors (Lipinski definition) is 0. The molecule has 0 bridgehead atoms. The molecule has 4 heteroatoms. The maximum absolute atomic E-state index is 3.70. The Kier molecular flexibility index (Phi) is 11.8. The molecule has 4 aromatic carbocycles. The molecule has 260 valence electrons. The molecule has 0 aliphatic heterocycles. The first-order valence-corrected chi connectivity index (χ1v) is 31.7. The maximum Gasteiger partial charge on any atom is -0.147 e. The van der Waals surface area contributed by atoms with Crippen molar-refractivity contribution in [1.82, 2.24) is 0 Å². The van der Waals surface area contributed by atoms with E-state index in [4.69, 9.17) is 0 Å². The number of allylic oxidation sites excluding steroid dienone is 2. The number of halogens is 2. The van der Waals surface area contributed by atoms with E-state index >= 15 is 0 Å². The minimum atomic E-state index is -3.70. The van der Waals surface area contributed by atoms with Gasteiger partial charge in [-0.2, -0.15) is 0 Å². The minimum absolute atomic E-state index is 0. The van der Waals surface area contributed by atoms with Crippen molar-refractivity contribution in [2.24, 2.45) is 5.92 Å². The van der Waals surface area contributed by atoms with E-state index in [-0.39, 0.29) is 30.2 Å². The molecule has 0 N–H and O–H groups in total. The van der Waals surface area contributed by atoms with Crippen LogP contribution >= 0.6 is 24.8 Å². The average Bonchev–Trinajstić information content (AvgIpc) is 3.60. The van der Waals surface area contributed by atoms with Crippen LogP contribution < -0.4 is 0 Å². The van der Waals surface area contributed by atoms with Gasteiger partial charge >= 0.3 is 290 Å². The molecular formula is C45H58Cl2SiZr. The summed E-state index contributed by atoms with van der Waals surface area (Å²) in [5.74, 6) is 1.12. The van der Waals surface area contributed by atoms with Gasteiger partial charge in [-0.25, -0.2) is 0 Å². The van der Waals surface area contributed by atoms with Gasteiger partial charge in [0.15, 0.2) is 0 Å². The summed E-state index contributed by atoms with van der Waals surface area (Å²) >= 11 is -3.70. The van der Waals surface area contributed by atoms with Crippen molar-refractivity contribution in [1.29, 1.82) is 0 Å². The van der Waals surface area contributed by atoms with E-state index in [9.17, 15) is 0 Å². The predicted molar refractivity (Wildman–Crippen MR) is 222 cm³/mol. The van der Waals surface area contributed by atoms with Crippen LogP contribution in [0.2, 0.25) is 9.26 Å². The van der Waals surface area contributed by atoms with Gasteiger partial charge in [0.1, 0.15) is 0 Å². The summed E-state index contributed by atoms with van der Waals surface area (Å²) in [6.07, 6.45) is 7.68. The van der Waals surface area contributed by atoms with Gasteiger partial charge in [-0.3, -0.25) is 0 Å². The first-order valence-electron chi connectivity index (χ1n) is 18.0. The van der Waals surface area contributed by atoms with E-state index in [1.54, 1.807) is 22.3 Å².